The number of hydrogen-bond donors (Lipinski definition) is 0. The van der Waals surface area contributed by atoms with Gasteiger partial charge < -0.3 is 9.90 Å². The minimum Gasteiger partial charge on any atom is -0.550 e. The molecule has 0 fully saturated rings. The van der Waals surface area contributed by atoms with Crippen LogP contribution in [0, 0.1) is 0 Å². The number of carboxylic acid groups (broad SMARTS) is 1. The lowest BCUT2D eigenvalue weighted by Gasteiger charge is -1.96. The van der Waals surface area contributed by atoms with Crippen molar-refractivity contribution in [3.05, 3.63) is 29.7 Å². The van der Waals surface area contributed by atoms with Crippen LogP contribution in [0.15, 0.2) is 24.0 Å². The Bertz CT molecular complexity index is 469. The molecule has 0 N–H and O–H groups in total. The molecular weight excluding hydrogens is 214 g/mol. The second kappa shape index (κ2) is 4.14. The van der Waals surface area contributed by atoms with E-state index in [9.17, 15) is 9.90 Å². The minimum absolute atomic E-state index is 0.170. The predicted molar refractivity (Wildman–Crippen MR) is 51.9 cm³/mol. The van der Waals surface area contributed by atoms with Gasteiger partial charge >= 0.3 is 0 Å². The second-order valence-corrected chi connectivity index (χ2v) is 3.64. The van der Waals surface area contributed by atoms with Crippen LogP contribution in [0.25, 0.3) is 10.7 Å². The van der Waals surface area contributed by atoms with Crippen molar-refractivity contribution in [2.75, 3.05) is 0 Å². The number of hydrogen-bond acceptors (Lipinski definition) is 6. The molecule has 0 spiro atoms. The number of rotatable bonds is 3. The van der Waals surface area contributed by atoms with E-state index in [0.717, 1.165) is 0 Å². The van der Waals surface area contributed by atoms with Crippen LogP contribution in [0.2, 0.25) is 0 Å². The summed E-state index contributed by atoms with van der Waals surface area (Å²) in [4.78, 5) is 22.4. The normalized spacial score (nSPS) is 10.1. The van der Waals surface area contributed by atoms with Gasteiger partial charge in [-0.15, -0.1) is 11.3 Å². The molecule has 0 aliphatic carbocycles. The summed E-state index contributed by atoms with van der Waals surface area (Å²) < 4.78 is 0. The molecule has 0 unspecified atom stereocenters. The summed E-state index contributed by atoms with van der Waals surface area (Å²) in [5.41, 5.74) is 1.13. The summed E-state index contributed by atoms with van der Waals surface area (Å²) in [5, 5.41) is 12.7. The smallest absolute Gasteiger partial charge is 0.143 e. The van der Waals surface area contributed by atoms with E-state index in [4.69, 9.17) is 0 Å². The van der Waals surface area contributed by atoms with Gasteiger partial charge in [-0.2, -0.15) is 0 Å². The van der Waals surface area contributed by atoms with E-state index < -0.39 is 5.97 Å². The fourth-order valence-corrected chi connectivity index (χ4v) is 1.84. The van der Waals surface area contributed by atoms with Crippen molar-refractivity contribution in [3.63, 3.8) is 0 Å². The molecule has 2 aromatic rings. The number of aliphatic carboxylic acids is 1. The van der Waals surface area contributed by atoms with Crippen molar-refractivity contribution in [2.45, 2.75) is 6.42 Å². The Labute approximate surface area is 89.5 Å². The molecule has 0 bridgehead atoms. The second-order valence-electron chi connectivity index (χ2n) is 2.78. The van der Waals surface area contributed by atoms with Gasteiger partial charge in [0.05, 0.1) is 11.9 Å². The van der Waals surface area contributed by atoms with E-state index >= 15 is 0 Å². The minimum atomic E-state index is -1.13. The average molecular weight is 220 g/mol. The molecular formula is C9H6N3O2S-. The van der Waals surface area contributed by atoms with Gasteiger partial charge in [0.15, 0.2) is 0 Å². The maximum Gasteiger partial charge on any atom is 0.143 e. The molecule has 5 nitrogen and oxygen atoms in total. The first-order valence-electron chi connectivity index (χ1n) is 4.16. The van der Waals surface area contributed by atoms with Gasteiger partial charge in [-0.05, 0) is 0 Å². The summed E-state index contributed by atoms with van der Waals surface area (Å²) in [6, 6.07) is 0. The van der Waals surface area contributed by atoms with Gasteiger partial charge in [-0.1, -0.05) is 0 Å². The van der Waals surface area contributed by atoms with Crippen molar-refractivity contribution < 1.29 is 9.90 Å². The van der Waals surface area contributed by atoms with E-state index in [1.54, 1.807) is 24.0 Å². The standard InChI is InChI=1S/C9H7N3O2S/c13-8(14)3-6-5-15-9(12-6)7-4-10-1-2-11-7/h1-2,4-5H,3H2,(H,13,14)/p-1. The maximum absolute atomic E-state index is 10.3. The average Bonchev–Trinajstić information content (AvgIpc) is 2.67. The first kappa shape index (κ1) is 9.72. The van der Waals surface area contributed by atoms with E-state index in [0.29, 0.717) is 16.4 Å². The van der Waals surface area contributed by atoms with Crippen LogP contribution in [0.4, 0.5) is 0 Å². The topological polar surface area (TPSA) is 78.8 Å². The van der Waals surface area contributed by atoms with Crippen molar-refractivity contribution in [3.8, 4) is 10.7 Å². The Morgan fingerprint density at radius 3 is 3.00 bits per heavy atom. The van der Waals surface area contributed by atoms with Gasteiger partial charge in [0, 0.05) is 30.2 Å². The molecule has 0 radical (unpaired) electrons. The fraction of sp³-hybridized carbons (Fsp3) is 0.111. The number of carbonyl (C=O) groups is 1. The molecule has 0 saturated heterocycles. The molecule has 0 saturated carbocycles. The quantitative estimate of drug-likeness (QED) is 0.721. The molecule has 76 valence electrons. The third-order valence-corrected chi connectivity index (χ3v) is 2.57. The molecule has 0 amide bonds. The van der Waals surface area contributed by atoms with E-state index in [-0.39, 0.29) is 6.42 Å². The van der Waals surface area contributed by atoms with Crippen LogP contribution in [-0.4, -0.2) is 20.9 Å². The van der Waals surface area contributed by atoms with Gasteiger partial charge in [0.25, 0.3) is 0 Å². The molecule has 0 aliphatic heterocycles. The Morgan fingerprint density at radius 1 is 1.47 bits per heavy atom. The third kappa shape index (κ3) is 2.35. The van der Waals surface area contributed by atoms with E-state index in [1.807, 2.05) is 0 Å². The molecule has 2 aromatic heterocycles. The molecule has 2 heterocycles. The van der Waals surface area contributed by atoms with Crippen molar-refractivity contribution >= 4 is 17.3 Å². The Morgan fingerprint density at radius 2 is 2.33 bits per heavy atom. The van der Waals surface area contributed by atoms with Crippen LogP contribution in [0.5, 0.6) is 0 Å². The molecule has 15 heavy (non-hydrogen) atoms. The van der Waals surface area contributed by atoms with Gasteiger partial charge in [0.1, 0.15) is 10.7 Å². The van der Waals surface area contributed by atoms with Crippen molar-refractivity contribution in [1.29, 1.82) is 0 Å². The highest BCUT2D eigenvalue weighted by Gasteiger charge is 2.05. The van der Waals surface area contributed by atoms with Gasteiger partial charge in [-0.25, -0.2) is 4.98 Å². The zero-order valence-electron chi connectivity index (χ0n) is 7.58. The van der Waals surface area contributed by atoms with Crippen LogP contribution in [-0.2, 0) is 11.2 Å². The fourth-order valence-electron chi connectivity index (χ4n) is 1.06. The highest BCUT2D eigenvalue weighted by Crippen LogP contribution is 2.20. The first-order valence-corrected chi connectivity index (χ1v) is 5.04. The Hall–Kier alpha value is -1.82. The highest BCUT2D eigenvalue weighted by molar-refractivity contribution is 7.13. The zero-order chi connectivity index (χ0) is 10.7. The number of nitrogens with zero attached hydrogens (tertiary/aromatic N) is 3. The largest absolute Gasteiger partial charge is 0.550 e. The SMILES string of the molecule is O=C([O-])Cc1csc(-c2cnccn2)n1. The zero-order valence-corrected chi connectivity index (χ0v) is 8.40. The van der Waals surface area contributed by atoms with E-state index in [2.05, 4.69) is 15.0 Å². The lowest BCUT2D eigenvalue weighted by molar-refractivity contribution is -0.304. The lowest BCUT2D eigenvalue weighted by Crippen LogP contribution is -2.24. The van der Waals surface area contributed by atoms with Crippen molar-refractivity contribution in [2.24, 2.45) is 0 Å². The van der Waals surface area contributed by atoms with Crippen LogP contribution in [0.1, 0.15) is 5.69 Å². The summed E-state index contributed by atoms with van der Waals surface area (Å²) in [6.07, 6.45) is 4.55. The summed E-state index contributed by atoms with van der Waals surface area (Å²) in [6.45, 7) is 0. The lowest BCUT2D eigenvalue weighted by atomic mass is 10.3. The number of carbonyl (C=O) groups excluding carboxylic acids is 1. The molecule has 0 atom stereocenters. The Kier molecular flexibility index (Phi) is 2.68. The summed E-state index contributed by atoms with van der Waals surface area (Å²) >= 11 is 1.34. The van der Waals surface area contributed by atoms with Gasteiger partial charge in [-0.3, -0.25) is 9.97 Å². The highest BCUT2D eigenvalue weighted by atomic mass is 32.1. The van der Waals surface area contributed by atoms with E-state index in [1.165, 1.54) is 11.3 Å². The van der Waals surface area contributed by atoms with Crippen LogP contribution >= 0.6 is 11.3 Å². The monoisotopic (exact) mass is 220 g/mol. The number of carboxylic acids is 1. The number of aromatic nitrogens is 3. The summed E-state index contributed by atoms with van der Waals surface area (Å²) in [7, 11) is 0. The molecule has 6 heteroatoms. The predicted octanol–water partition coefficient (Wildman–Crippen LogP) is -0.108. The number of thiazole rings is 1. The Balaban J connectivity index is 2.24. The van der Waals surface area contributed by atoms with Crippen LogP contribution < -0.4 is 5.11 Å². The maximum atomic E-state index is 10.3. The third-order valence-electron chi connectivity index (χ3n) is 1.66. The van der Waals surface area contributed by atoms with Crippen molar-refractivity contribution in [1.82, 2.24) is 15.0 Å². The first-order chi connectivity index (χ1) is 7.25. The van der Waals surface area contributed by atoms with Gasteiger partial charge in [0.2, 0.25) is 0 Å². The van der Waals surface area contributed by atoms with Crippen LogP contribution in [0.3, 0.4) is 0 Å². The molecule has 0 aliphatic rings. The molecule has 0 aromatic carbocycles. The molecule has 2 rings (SSSR count). The summed E-state index contributed by atoms with van der Waals surface area (Å²) in [5.74, 6) is -1.13.